The number of rotatable bonds is 16. The van der Waals surface area contributed by atoms with Crippen molar-refractivity contribution in [1.29, 1.82) is 0 Å². The van der Waals surface area contributed by atoms with Gasteiger partial charge in [-0.3, -0.25) is 0 Å². The van der Waals surface area contributed by atoms with Crippen molar-refractivity contribution < 1.29 is 27.5 Å². The van der Waals surface area contributed by atoms with Crippen LogP contribution < -0.4 is 9.47 Å². The molecule has 6 aromatic carbocycles. The fraction of sp³-hybridized carbons (Fsp3) is 0.160. The Morgan fingerprint density at radius 1 is 0.508 bits per heavy atom. The Labute approximate surface area is 345 Å². The highest BCUT2D eigenvalue weighted by atomic mass is 32.2. The molecule has 6 rings (SSSR count). The van der Waals surface area contributed by atoms with Gasteiger partial charge in [0.1, 0.15) is 23.0 Å². The van der Waals surface area contributed by atoms with Gasteiger partial charge in [-0.15, -0.1) is 13.2 Å². The van der Waals surface area contributed by atoms with Gasteiger partial charge in [0.2, 0.25) is 22.0 Å². The molecule has 9 heteroatoms. The fourth-order valence-corrected chi connectivity index (χ4v) is 8.16. The lowest BCUT2D eigenvalue weighted by Gasteiger charge is -2.27. The summed E-state index contributed by atoms with van der Waals surface area (Å²) in [6.45, 7) is 16.1. The molecule has 0 fully saturated rings. The first-order chi connectivity index (χ1) is 28.3. The molecule has 0 radical (unpaired) electrons. The van der Waals surface area contributed by atoms with Crippen molar-refractivity contribution in [1.82, 2.24) is 0 Å². The van der Waals surface area contributed by atoms with Gasteiger partial charge in [0.05, 0.1) is 21.2 Å². The molecule has 296 valence electrons. The second-order valence-electron chi connectivity index (χ2n) is 15.0. The first-order valence-electron chi connectivity index (χ1n) is 19.0. The number of nitrogens with zero attached hydrogens (tertiary/aromatic N) is 2. The number of benzene rings is 6. The molecule has 59 heavy (non-hydrogen) atoms. The molecule has 0 unspecified atom stereocenters. The van der Waals surface area contributed by atoms with Crippen LogP contribution in [-0.2, 0) is 43.1 Å². The Kier molecular flexibility index (Phi) is 12.5. The highest BCUT2D eigenvalue weighted by molar-refractivity contribution is 7.91. The van der Waals surface area contributed by atoms with E-state index in [4.69, 9.17) is 9.47 Å². The number of isocyanates is 2. The van der Waals surface area contributed by atoms with Crippen molar-refractivity contribution >= 4 is 33.4 Å². The van der Waals surface area contributed by atoms with Crippen LogP contribution >= 0.6 is 0 Å². The van der Waals surface area contributed by atoms with Crippen molar-refractivity contribution in [2.75, 3.05) is 0 Å². The minimum absolute atomic E-state index is 0.136. The molecule has 0 bridgehead atoms. The minimum atomic E-state index is -3.81. The Morgan fingerprint density at radius 3 is 1.12 bits per heavy atom. The molecule has 0 amide bonds. The Bertz CT molecular complexity index is 2510. The largest absolute Gasteiger partial charge is 0.457 e. The summed E-state index contributed by atoms with van der Waals surface area (Å²) >= 11 is 0. The third kappa shape index (κ3) is 9.30. The van der Waals surface area contributed by atoms with Crippen molar-refractivity contribution in [2.45, 2.75) is 61.2 Å². The zero-order valence-corrected chi connectivity index (χ0v) is 34.3. The predicted octanol–water partition coefficient (Wildman–Crippen LogP) is 12.1. The summed E-state index contributed by atoms with van der Waals surface area (Å²) < 4.78 is 39.3. The number of ether oxygens (including phenoxy) is 2. The zero-order valence-electron chi connectivity index (χ0n) is 33.4. The molecule has 0 N–H and O–H groups in total. The van der Waals surface area contributed by atoms with E-state index in [9.17, 15) is 18.0 Å². The van der Waals surface area contributed by atoms with E-state index >= 15 is 0 Å². The van der Waals surface area contributed by atoms with E-state index in [1.54, 1.807) is 48.6 Å². The molecule has 0 heterocycles. The molecule has 0 saturated carbocycles. The first kappa shape index (κ1) is 41.7. The topological polar surface area (TPSA) is 111 Å². The minimum Gasteiger partial charge on any atom is -0.457 e. The van der Waals surface area contributed by atoms with Crippen LogP contribution in [0.15, 0.2) is 179 Å². The van der Waals surface area contributed by atoms with Crippen LogP contribution in [0.1, 0.15) is 61.1 Å². The zero-order chi connectivity index (χ0) is 42.2. The quantitative estimate of drug-likeness (QED) is 0.0547. The Hall–Kier alpha value is -6.89. The highest BCUT2D eigenvalue weighted by Gasteiger charge is 2.26. The average molecular weight is 801 g/mol. The van der Waals surface area contributed by atoms with Crippen LogP contribution in [0, 0.1) is 0 Å². The summed E-state index contributed by atoms with van der Waals surface area (Å²) in [5.74, 6) is 2.20. The molecular weight excluding hydrogens is 757 g/mol. The monoisotopic (exact) mass is 800 g/mol. The summed E-state index contributed by atoms with van der Waals surface area (Å²) in [4.78, 5) is 29.7. The average Bonchev–Trinajstić information content (AvgIpc) is 3.23. The standard InChI is InChI=1S/C50H44N2O6S/c1-7-9-35-31-39(15-29-47(35)51-33-53)49(3,4)37-11-17-41(18-12-37)57-43-21-25-45(26-22-43)59(55,56)46-27-23-44(24-28-46)58-42-19-13-38(14-20-42)50(5,6)40-16-30-48(52-34-54)36(32-40)10-8-2/h7-8,11-32H,1-2,9-10H2,3-6H3. The summed E-state index contributed by atoms with van der Waals surface area (Å²) in [5, 5.41) is 0. The molecular formula is C50H44N2O6S. The van der Waals surface area contributed by atoms with Gasteiger partial charge >= 0.3 is 0 Å². The Balaban J connectivity index is 1.09. The van der Waals surface area contributed by atoms with Crippen LogP contribution in [0.4, 0.5) is 11.4 Å². The summed E-state index contributed by atoms with van der Waals surface area (Å²) in [6.07, 6.45) is 7.96. The number of allylic oxidation sites excluding steroid dienone is 2. The van der Waals surface area contributed by atoms with Crippen molar-refractivity contribution in [2.24, 2.45) is 9.98 Å². The molecule has 0 atom stereocenters. The van der Waals surface area contributed by atoms with E-state index in [0.717, 1.165) is 33.4 Å². The van der Waals surface area contributed by atoms with Gasteiger partial charge in [-0.1, -0.05) is 88.4 Å². The van der Waals surface area contributed by atoms with E-state index in [1.807, 2.05) is 84.9 Å². The number of sulfone groups is 1. The summed E-state index contributed by atoms with van der Waals surface area (Å²) in [6, 6.07) is 39.8. The van der Waals surface area contributed by atoms with Gasteiger partial charge in [-0.05, 0) is 131 Å². The number of hydrogen-bond acceptors (Lipinski definition) is 8. The normalized spacial score (nSPS) is 11.5. The van der Waals surface area contributed by atoms with Gasteiger partial charge < -0.3 is 9.47 Å². The number of aliphatic imine (C=N–C) groups is 2. The van der Waals surface area contributed by atoms with E-state index in [0.29, 0.717) is 47.2 Å². The SMILES string of the molecule is C=CCc1cc(C(C)(C)c2ccc(Oc3ccc(S(=O)(=O)c4ccc(Oc5ccc(C(C)(C)c6ccc(N=C=O)c(CC=C)c6)cc5)cc4)cc3)cc2)ccc1N=C=O. The fourth-order valence-electron chi connectivity index (χ4n) is 6.90. The molecule has 0 saturated heterocycles. The van der Waals surface area contributed by atoms with Crippen molar-refractivity contribution in [3.05, 3.63) is 192 Å². The number of hydrogen-bond donors (Lipinski definition) is 0. The van der Waals surface area contributed by atoms with Gasteiger partial charge in [0.15, 0.2) is 0 Å². The van der Waals surface area contributed by atoms with Crippen LogP contribution in [-0.4, -0.2) is 20.6 Å². The lowest BCUT2D eigenvalue weighted by atomic mass is 9.77. The van der Waals surface area contributed by atoms with E-state index in [1.165, 1.54) is 24.3 Å². The van der Waals surface area contributed by atoms with Crippen LogP contribution in [0.3, 0.4) is 0 Å². The Morgan fingerprint density at radius 2 is 0.814 bits per heavy atom. The summed E-state index contributed by atoms with van der Waals surface area (Å²) in [7, 11) is -3.81. The maximum absolute atomic E-state index is 13.6. The van der Waals surface area contributed by atoms with Gasteiger partial charge in [-0.25, -0.2) is 18.0 Å². The van der Waals surface area contributed by atoms with Gasteiger partial charge in [0, 0.05) is 10.8 Å². The van der Waals surface area contributed by atoms with Gasteiger partial charge in [0.25, 0.3) is 0 Å². The first-order valence-corrected chi connectivity index (χ1v) is 20.4. The smallest absolute Gasteiger partial charge is 0.240 e. The third-order valence-electron chi connectivity index (χ3n) is 10.6. The van der Waals surface area contributed by atoms with Crippen LogP contribution in [0.2, 0.25) is 0 Å². The maximum Gasteiger partial charge on any atom is 0.240 e. The predicted molar refractivity (Wildman–Crippen MR) is 232 cm³/mol. The highest BCUT2D eigenvalue weighted by Crippen LogP contribution is 2.38. The molecule has 0 spiro atoms. The van der Waals surface area contributed by atoms with Crippen LogP contribution in [0.25, 0.3) is 0 Å². The summed E-state index contributed by atoms with van der Waals surface area (Å²) in [5.41, 5.74) is 6.48. The molecule has 0 aromatic heterocycles. The lowest BCUT2D eigenvalue weighted by Crippen LogP contribution is -2.19. The molecule has 0 aliphatic rings. The molecule has 8 nitrogen and oxygen atoms in total. The maximum atomic E-state index is 13.6. The lowest BCUT2D eigenvalue weighted by molar-refractivity contribution is 0.481. The van der Waals surface area contributed by atoms with Gasteiger partial charge in [-0.2, -0.15) is 9.98 Å². The number of carbonyl (C=O) groups excluding carboxylic acids is 2. The van der Waals surface area contributed by atoms with Crippen molar-refractivity contribution in [3.63, 3.8) is 0 Å². The second kappa shape index (κ2) is 17.7. The van der Waals surface area contributed by atoms with E-state index < -0.39 is 9.84 Å². The van der Waals surface area contributed by atoms with Crippen molar-refractivity contribution in [3.8, 4) is 23.0 Å². The molecule has 0 aliphatic heterocycles. The van der Waals surface area contributed by atoms with E-state index in [2.05, 4.69) is 50.8 Å². The second-order valence-corrected chi connectivity index (χ2v) is 17.0. The molecule has 0 aliphatic carbocycles. The molecule has 6 aromatic rings. The van der Waals surface area contributed by atoms with Crippen LogP contribution in [0.5, 0.6) is 23.0 Å². The van der Waals surface area contributed by atoms with E-state index in [-0.39, 0.29) is 20.6 Å². The third-order valence-corrected chi connectivity index (χ3v) is 12.3.